The van der Waals surface area contributed by atoms with Crippen molar-refractivity contribution in [3.8, 4) is 5.75 Å². The lowest BCUT2D eigenvalue weighted by molar-refractivity contribution is 0.0696. The van der Waals surface area contributed by atoms with Crippen LogP contribution in [-0.2, 0) is 0 Å². The van der Waals surface area contributed by atoms with Crippen LogP contribution in [0.5, 0.6) is 5.75 Å². The quantitative estimate of drug-likeness (QED) is 0.570. The number of carbonyl (C=O) groups is 2. The van der Waals surface area contributed by atoms with Gasteiger partial charge in [0.15, 0.2) is 5.78 Å². The molecule has 2 heterocycles. The zero-order chi connectivity index (χ0) is 19.1. The summed E-state index contributed by atoms with van der Waals surface area (Å²) in [4.78, 5) is 29.9. The fourth-order valence-corrected chi connectivity index (χ4v) is 3.36. The Labute approximate surface area is 158 Å². The summed E-state index contributed by atoms with van der Waals surface area (Å²) in [5, 5.41) is 8.89. The van der Waals surface area contributed by atoms with Crippen LogP contribution < -0.4 is 4.74 Å². The van der Waals surface area contributed by atoms with E-state index in [9.17, 15) is 9.59 Å². The number of carbonyl (C=O) groups excluding carboxylic acids is 1. The maximum atomic E-state index is 12.6. The lowest BCUT2D eigenvalue weighted by atomic mass is 9.92. The van der Waals surface area contributed by atoms with Crippen LogP contribution in [0.25, 0.3) is 0 Å². The number of carboxylic acids is 1. The molecule has 0 amide bonds. The first-order valence-electron chi connectivity index (χ1n) is 9.27. The number of ether oxygens (including phenoxy) is 1. The van der Waals surface area contributed by atoms with E-state index >= 15 is 0 Å². The van der Waals surface area contributed by atoms with Gasteiger partial charge in [-0.25, -0.2) is 4.79 Å². The van der Waals surface area contributed by atoms with E-state index < -0.39 is 5.97 Å². The Morgan fingerprint density at radius 2 is 2.00 bits per heavy atom. The lowest BCUT2D eigenvalue weighted by Gasteiger charge is -2.31. The number of pyridine rings is 1. The molecule has 1 aliphatic heterocycles. The molecule has 142 valence electrons. The van der Waals surface area contributed by atoms with E-state index in [1.165, 1.54) is 12.1 Å². The van der Waals surface area contributed by atoms with Gasteiger partial charge in [0.25, 0.3) is 0 Å². The van der Waals surface area contributed by atoms with E-state index in [1.807, 2.05) is 12.1 Å². The number of likely N-dealkylation sites (tertiary alicyclic amines) is 1. The van der Waals surface area contributed by atoms with Gasteiger partial charge in [-0.3, -0.25) is 9.78 Å². The zero-order valence-electron chi connectivity index (χ0n) is 15.2. The summed E-state index contributed by atoms with van der Waals surface area (Å²) < 4.78 is 5.68. The highest BCUT2D eigenvalue weighted by molar-refractivity contribution is 5.96. The molecule has 1 aromatic heterocycles. The van der Waals surface area contributed by atoms with Crippen molar-refractivity contribution in [2.75, 3.05) is 26.2 Å². The van der Waals surface area contributed by atoms with Crippen LogP contribution in [-0.4, -0.2) is 53.0 Å². The number of Topliss-reactive ketones (excluding diaryl/α,β-unsaturated/α-hetero) is 1. The van der Waals surface area contributed by atoms with Crippen molar-refractivity contribution < 1.29 is 19.4 Å². The lowest BCUT2D eigenvalue weighted by Crippen LogP contribution is -2.39. The first-order chi connectivity index (χ1) is 13.1. The number of aromatic nitrogens is 1. The van der Waals surface area contributed by atoms with Crippen molar-refractivity contribution in [3.05, 3.63) is 59.9 Å². The Hall–Kier alpha value is -2.73. The molecule has 1 fully saturated rings. The molecular weight excluding hydrogens is 344 g/mol. The van der Waals surface area contributed by atoms with Gasteiger partial charge >= 0.3 is 5.97 Å². The predicted octanol–water partition coefficient (Wildman–Crippen LogP) is 3.14. The Kier molecular flexibility index (Phi) is 6.54. The first kappa shape index (κ1) is 19.0. The van der Waals surface area contributed by atoms with Gasteiger partial charge in [0, 0.05) is 25.2 Å². The Bertz CT molecular complexity index is 762. The number of piperidine rings is 1. The zero-order valence-corrected chi connectivity index (χ0v) is 15.2. The second-order valence-electron chi connectivity index (χ2n) is 6.75. The van der Waals surface area contributed by atoms with Crippen molar-refractivity contribution in [1.29, 1.82) is 0 Å². The molecule has 0 aliphatic carbocycles. The number of nitrogens with zero attached hydrogens (tertiary/aromatic N) is 2. The second kappa shape index (κ2) is 9.28. The minimum absolute atomic E-state index is 0.0122. The molecule has 6 heteroatoms. The Morgan fingerprint density at radius 1 is 1.19 bits per heavy atom. The highest BCUT2D eigenvalue weighted by Gasteiger charge is 2.26. The molecule has 3 rings (SSSR count). The van der Waals surface area contributed by atoms with Crippen molar-refractivity contribution in [3.63, 3.8) is 0 Å². The van der Waals surface area contributed by atoms with Crippen molar-refractivity contribution in [2.24, 2.45) is 5.92 Å². The molecule has 27 heavy (non-hydrogen) atoms. The molecule has 0 bridgehead atoms. The van der Waals surface area contributed by atoms with Gasteiger partial charge in [-0.15, -0.1) is 0 Å². The van der Waals surface area contributed by atoms with Gasteiger partial charge < -0.3 is 14.7 Å². The SMILES string of the molecule is O=C(O)c1ccc(OCCCN2CCCC(C(=O)c3ccccn3)C2)cc1. The average molecular weight is 368 g/mol. The minimum atomic E-state index is -0.943. The number of rotatable bonds is 8. The maximum absolute atomic E-state index is 12.6. The summed E-state index contributed by atoms with van der Waals surface area (Å²) in [6.07, 6.45) is 4.44. The van der Waals surface area contributed by atoms with Crippen LogP contribution in [0, 0.1) is 5.92 Å². The summed E-state index contributed by atoms with van der Waals surface area (Å²) in [6, 6.07) is 11.9. The van der Waals surface area contributed by atoms with Crippen LogP contribution >= 0.6 is 0 Å². The highest BCUT2D eigenvalue weighted by atomic mass is 16.5. The standard InChI is InChI=1S/C21H24N2O4/c24-20(19-6-1-2-11-22-19)17-5-3-12-23(15-17)13-4-14-27-18-9-7-16(8-10-18)21(25)26/h1-2,6-11,17H,3-5,12-15H2,(H,25,26). The average Bonchev–Trinajstić information content (AvgIpc) is 2.72. The molecule has 1 unspecified atom stereocenters. The molecule has 0 radical (unpaired) electrons. The van der Waals surface area contributed by atoms with Crippen molar-refractivity contribution in [2.45, 2.75) is 19.3 Å². The number of aromatic carboxylic acids is 1. The topological polar surface area (TPSA) is 79.7 Å². The molecule has 1 aromatic carbocycles. The number of carboxylic acid groups (broad SMARTS) is 1. The number of ketones is 1. The monoisotopic (exact) mass is 368 g/mol. The molecule has 6 nitrogen and oxygen atoms in total. The van der Waals surface area contributed by atoms with Crippen LogP contribution in [0.15, 0.2) is 48.7 Å². The molecule has 2 aromatic rings. The predicted molar refractivity (Wildman–Crippen MR) is 101 cm³/mol. The molecule has 1 aliphatic rings. The third kappa shape index (κ3) is 5.37. The van der Waals surface area contributed by atoms with E-state index in [0.717, 1.165) is 38.9 Å². The fourth-order valence-electron chi connectivity index (χ4n) is 3.36. The van der Waals surface area contributed by atoms with Crippen molar-refractivity contribution in [1.82, 2.24) is 9.88 Å². The first-order valence-corrected chi connectivity index (χ1v) is 9.27. The van der Waals surface area contributed by atoms with Gasteiger partial charge in [0.1, 0.15) is 11.4 Å². The highest BCUT2D eigenvalue weighted by Crippen LogP contribution is 2.20. The summed E-state index contributed by atoms with van der Waals surface area (Å²) in [5.41, 5.74) is 0.803. The fraction of sp³-hybridized carbons (Fsp3) is 0.381. The molecule has 1 N–H and O–H groups in total. The Morgan fingerprint density at radius 3 is 2.70 bits per heavy atom. The number of hydrogen-bond acceptors (Lipinski definition) is 5. The van der Waals surface area contributed by atoms with Crippen LogP contribution in [0.1, 0.15) is 40.1 Å². The summed E-state index contributed by atoms with van der Waals surface area (Å²) in [5.74, 6) is -0.128. The van der Waals surface area contributed by atoms with Gasteiger partial charge in [0.05, 0.1) is 12.2 Å². The largest absolute Gasteiger partial charge is 0.494 e. The van der Waals surface area contributed by atoms with Crippen LogP contribution in [0.2, 0.25) is 0 Å². The molecule has 1 atom stereocenters. The van der Waals surface area contributed by atoms with E-state index in [0.29, 0.717) is 18.1 Å². The van der Waals surface area contributed by atoms with Gasteiger partial charge in [-0.2, -0.15) is 0 Å². The minimum Gasteiger partial charge on any atom is -0.494 e. The van der Waals surface area contributed by atoms with E-state index in [2.05, 4.69) is 9.88 Å². The van der Waals surface area contributed by atoms with E-state index in [1.54, 1.807) is 24.4 Å². The van der Waals surface area contributed by atoms with E-state index in [4.69, 9.17) is 9.84 Å². The number of benzene rings is 1. The third-order valence-electron chi connectivity index (χ3n) is 4.78. The van der Waals surface area contributed by atoms with Gasteiger partial charge in [-0.05, 0) is 62.2 Å². The molecular formula is C21H24N2O4. The van der Waals surface area contributed by atoms with Gasteiger partial charge in [0.2, 0.25) is 0 Å². The third-order valence-corrected chi connectivity index (χ3v) is 4.78. The van der Waals surface area contributed by atoms with Crippen molar-refractivity contribution >= 4 is 11.8 Å². The van der Waals surface area contributed by atoms with Crippen LogP contribution in [0.3, 0.4) is 0 Å². The van der Waals surface area contributed by atoms with E-state index in [-0.39, 0.29) is 17.3 Å². The Balaban J connectivity index is 1.42. The molecule has 1 saturated heterocycles. The smallest absolute Gasteiger partial charge is 0.335 e. The molecule has 0 saturated carbocycles. The normalized spacial score (nSPS) is 17.4. The van der Waals surface area contributed by atoms with Gasteiger partial charge in [-0.1, -0.05) is 6.07 Å². The van der Waals surface area contributed by atoms with Crippen LogP contribution in [0.4, 0.5) is 0 Å². The summed E-state index contributed by atoms with van der Waals surface area (Å²) in [7, 11) is 0. The second-order valence-corrected chi connectivity index (χ2v) is 6.75. The number of hydrogen-bond donors (Lipinski definition) is 1. The summed E-state index contributed by atoms with van der Waals surface area (Å²) >= 11 is 0. The summed E-state index contributed by atoms with van der Waals surface area (Å²) in [6.45, 7) is 3.20. The maximum Gasteiger partial charge on any atom is 0.335 e. The molecule has 0 spiro atoms.